The van der Waals surface area contributed by atoms with Crippen molar-refractivity contribution in [1.82, 2.24) is 10.2 Å². The average Bonchev–Trinajstić information content (AvgIpc) is 2.91. The van der Waals surface area contributed by atoms with Crippen molar-refractivity contribution in [3.8, 4) is 0 Å². The Balaban J connectivity index is -0.0000000103. The van der Waals surface area contributed by atoms with E-state index in [-0.39, 0.29) is 64.7 Å². The molecule has 0 bridgehead atoms. The van der Waals surface area contributed by atoms with Crippen LogP contribution < -0.4 is 10.6 Å². The van der Waals surface area contributed by atoms with Gasteiger partial charge in [-0.15, -0.1) is 0 Å². The maximum atomic E-state index is 12.9. The summed E-state index contributed by atoms with van der Waals surface area (Å²) in [6.07, 6.45) is 0.0588. The van der Waals surface area contributed by atoms with Crippen LogP contribution in [0.3, 0.4) is 0 Å². The molecule has 2 N–H and O–H groups in total. The summed E-state index contributed by atoms with van der Waals surface area (Å²) in [5, 5.41) is 1.61. The molecule has 1 saturated heterocycles. The van der Waals surface area contributed by atoms with E-state index in [2.05, 4.69) is 0 Å². The van der Waals surface area contributed by atoms with Gasteiger partial charge in [0.15, 0.2) is 2.82 Å². The molecule has 6 nitrogen and oxygen atoms in total. The van der Waals surface area contributed by atoms with Crippen LogP contribution in [0.1, 0.15) is 83.3 Å². The van der Waals surface area contributed by atoms with Gasteiger partial charge in [-0.1, -0.05) is 6.92 Å². The third-order valence-electron chi connectivity index (χ3n) is 4.82. The van der Waals surface area contributed by atoms with Gasteiger partial charge < -0.3 is 10.2 Å². The highest BCUT2D eigenvalue weighted by atomic mass is 16.2. The Bertz CT molecular complexity index is 838. The zero-order valence-electron chi connectivity index (χ0n) is 17.7. The van der Waals surface area contributed by atoms with Crippen LogP contribution in [-0.4, -0.2) is 35.7 Å². The van der Waals surface area contributed by atoms with Crippen LogP contribution in [0.4, 0.5) is 5.69 Å². The Morgan fingerprint density at radius 1 is 1.52 bits per heavy atom. The fraction of sp³-hybridized carbons (Fsp3) is 0.471. The molecule has 23 heavy (non-hydrogen) atoms. The molecule has 3 rings (SSSR count). The minimum Gasteiger partial charge on any atom is -0.388 e. The van der Waals surface area contributed by atoms with Gasteiger partial charge >= 0.3 is 0 Å². The predicted octanol–water partition coefficient (Wildman–Crippen LogP) is 8.49. The Morgan fingerprint density at radius 3 is 2.87 bits per heavy atom. The topological polar surface area (TPSA) is 78.5 Å². The van der Waals surface area contributed by atoms with Crippen molar-refractivity contribution in [1.29, 1.82) is 0 Å². The molecule has 2 heterocycles. The minimum atomic E-state index is -0.834. The standard InChI is InChI=1S/C17H21N3O3.29H2/c1-8-5-11-12(14(18-4)10(8)3)7-20(17(11)23)15-9(2)6-13(21)19-16(15)22;;;;;;;;;;;;;;;;;;;;;;;;;;;;;/h5,9,15,18H,6-7H2,1-4H3,(H,19,21,22);29*1H/i;1+1D;;;;;;;;;;;;;;;;;;;;;;;;;;;;/hD2. The first-order chi connectivity index (χ1) is 12.6. The number of amides is 3. The van der Waals surface area contributed by atoms with Crippen LogP contribution in [-0.2, 0) is 16.1 Å². The van der Waals surface area contributed by atoms with E-state index in [0.29, 0.717) is 16.6 Å². The fourth-order valence-corrected chi connectivity index (χ4v) is 3.53. The van der Waals surface area contributed by atoms with Crippen LogP contribution in [0.15, 0.2) is 6.07 Å². The van der Waals surface area contributed by atoms with Gasteiger partial charge in [0, 0.05) is 79.7 Å². The SMILES string of the molecule is [2H]N1C(=O)CC(C)C(N2Cc3c(cc(C)c(C)c3N([2H])C)C2=O)C1=O.[2H][2H].[HH].[HH].[HH].[HH].[HH].[HH].[HH].[HH].[HH].[HH].[HH].[HH].[HH].[HH].[HH].[HH].[HH].[HH].[HH].[HH].[HH].[HH].[HH].[HH].[HH].[HH].[HH].[HH]. The number of anilines is 1. The zero-order valence-corrected chi connectivity index (χ0v) is 13.7. The maximum absolute atomic E-state index is 12.9. The molecule has 0 aliphatic carbocycles. The summed E-state index contributed by atoms with van der Waals surface area (Å²) in [5.41, 5.74) is 3.71. The average molecular weight is 378 g/mol. The number of carbonyl (C=O) groups excluding carboxylic acids is 3. The first-order valence-electron chi connectivity index (χ1n) is 9.56. The second-order valence-electron chi connectivity index (χ2n) is 6.32. The number of nitrogens with zero attached hydrogens (tertiary/aromatic N) is 1. The van der Waals surface area contributed by atoms with Crippen molar-refractivity contribution < 1.29 is 60.1 Å². The van der Waals surface area contributed by atoms with Crippen LogP contribution in [0.25, 0.3) is 0 Å². The number of nitrogens with one attached hydrogen (secondary N) is 2. The Hall–Kier alpha value is -2.37. The molecular formula is C17H79N3O3. The van der Waals surface area contributed by atoms with Crippen LogP contribution in [0, 0.1) is 19.8 Å². The summed E-state index contributed by atoms with van der Waals surface area (Å²) in [5.74, 6) is -1.84. The lowest BCUT2D eigenvalue weighted by Crippen LogP contribution is -2.56. The Labute approximate surface area is 182 Å². The predicted molar refractivity (Wildman–Crippen MR) is 147 cm³/mol. The number of hydrogen-bond donors (Lipinski definition) is 2. The first-order valence-corrected chi connectivity index (χ1v) is 7.67. The molecule has 6 heteroatoms. The lowest BCUT2D eigenvalue weighted by atomic mass is 9.92. The van der Waals surface area contributed by atoms with Gasteiger partial charge in [0.2, 0.25) is 11.8 Å². The highest BCUT2D eigenvalue weighted by molar-refractivity contribution is 6.06. The minimum absolute atomic E-state index is 0. The monoisotopic (exact) mass is 378 g/mol. The molecule has 0 spiro atoms. The van der Waals surface area contributed by atoms with E-state index in [1.54, 1.807) is 20.0 Å². The smallest absolute Gasteiger partial charge is 0.255 e. The van der Waals surface area contributed by atoms with Crippen LogP contribution >= 0.6 is 0 Å². The number of rotatable bonds is 2. The van der Waals surface area contributed by atoms with Gasteiger partial charge in [0.05, 0.1) is 0 Å². The molecular weight excluding hydrogens is 294 g/mol. The first kappa shape index (κ1) is 12.1. The van der Waals surface area contributed by atoms with Gasteiger partial charge in [0.1, 0.15) is 6.04 Å². The number of hydrogen-bond acceptors (Lipinski definition) is 4. The molecule has 0 radical (unpaired) electrons. The Kier molecular flexibility index (Phi) is 2.82. The lowest BCUT2D eigenvalue weighted by Gasteiger charge is -2.34. The molecule has 3 amide bonds. The summed E-state index contributed by atoms with van der Waals surface area (Å²) < 4.78 is 25.6. The van der Waals surface area contributed by atoms with Crippen molar-refractivity contribution in [3.63, 3.8) is 0 Å². The van der Waals surface area contributed by atoms with E-state index in [1.165, 1.54) is 10.2 Å². The van der Waals surface area contributed by atoms with Crippen molar-refractivity contribution in [2.24, 2.45) is 5.92 Å². The van der Waals surface area contributed by atoms with E-state index < -0.39 is 17.9 Å². The molecule has 1 aromatic rings. The molecule has 2 unspecified atom stereocenters. The third kappa shape index (κ3) is 2.29. The molecule has 0 aromatic heterocycles. The van der Waals surface area contributed by atoms with E-state index in [9.17, 15) is 14.4 Å². The molecule has 180 valence electrons. The van der Waals surface area contributed by atoms with Gasteiger partial charge in [-0.05, 0) is 37.0 Å². The van der Waals surface area contributed by atoms with E-state index >= 15 is 0 Å². The molecule has 1 aromatic carbocycles. The largest absolute Gasteiger partial charge is 0.388 e. The van der Waals surface area contributed by atoms with Gasteiger partial charge in [-0.25, -0.2) is 0 Å². The van der Waals surface area contributed by atoms with Crippen LogP contribution in [0.5, 0.6) is 0 Å². The molecule has 0 saturated carbocycles. The summed E-state index contributed by atoms with van der Waals surface area (Å²) in [7, 11) is 1.60. The fourth-order valence-electron chi connectivity index (χ4n) is 3.53. The number of carbonyl (C=O) groups is 3. The summed E-state index contributed by atoms with van der Waals surface area (Å²) in [4.78, 5) is 38.5. The molecule has 2 aliphatic heterocycles. The van der Waals surface area contributed by atoms with E-state index in [4.69, 9.17) is 5.79 Å². The van der Waals surface area contributed by atoms with Crippen molar-refractivity contribution in [2.45, 2.75) is 39.8 Å². The number of imide groups is 1. The molecule has 2 aliphatic rings. The second kappa shape index (κ2) is 5.37. The highest BCUT2D eigenvalue weighted by Gasteiger charge is 2.43. The van der Waals surface area contributed by atoms with Crippen molar-refractivity contribution in [2.75, 3.05) is 12.4 Å². The third-order valence-corrected chi connectivity index (χ3v) is 4.82. The lowest BCUT2D eigenvalue weighted by molar-refractivity contribution is -0.139. The normalized spacial score (nSPS) is 25.8. The number of fused-ring (bicyclic) bond motifs is 1. The highest BCUT2D eigenvalue weighted by Crippen LogP contribution is 2.36. The van der Waals surface area contributed by atoms with Crippen molar-refractivity contribution in [3.05, 3.63) is 28.3 Å². The quantitative estimate of drug-likeness (QED) is 0.506. The molecule has 1 fully saturated rings. The number of aryl methyl sites for hydroxylation is 1. The van der Waals surface area contributed by atoms with E-state index in [0.717, 1.165) is 16.7 Å². The number of piperidine rings is 1. The number of benzene rings is 1. The van der Waals surface area contributed by atoms with Gasteiger partial charge in [0.25, 0.3) is 5.91 Å². The summed E-state index contributed by atoms with van der Waals surface area (Å²) >= 11 is 0. The Morgan fingerprint density at radius 2 is 2.22 bits per heavy atom. The van der Waals surface area contributed by atoms with Crippen LogP contribution in [0.2, 0.25) is 2.82 Å². The summed E-state index contributed by atoms with van der Waals surface area (Å²) in [6, 6.07) is 0.960. The van der Waals surface area contributed by atoms with Gasteiger partial charge in [-0.3, -0.25) is 19.7 Å². The van der Waals surface area contributed by atoms with Gasteiger partial charge in [-0.2, -0.15) is 0 Å². The maximum Gasteiger partial charge on any atom is 0.255 e. The summed E-state index contributed by atoms with van der Waals surface area (Å²) in [6.45, 7) is 5.74. The van der Waals surface area contributed by atoms with Crippen molar-refractivity contribution >= 4 is 23.4 Å². The molecule has 2 atom stereocenters. The van der Waals surface area contributed by atoms with E-state index in [1.807, 2.05) is 13.8 Å². The zero-order chi connectivity index (χ0) is 20.6. The second-order valence-corrected chi connectivity index (χ2v) is 6.32.